The Morgan fingerprint density at radius 2 is 2.15 bits per heavy atom. The molecule has 0 spiro atoms. The highest BCUT2D eigenvalue weighted by Crippen LogP contribution is 2.42. The zero-order valence-electron chi connectivity index (χ0n) is 15.5. The first kappa shape index (κ1) is 17.1. The number of hydrogen-bond acceptors (Lipinski definition) is 6. The Labute approximate surface area is 152 Å². The van der Waals surface area contributed by atoms with Gasteiger partial charge >= 0.3 is 6.09 Å². The summed E-state index contributed by atoms with van der Waals surface area (Å²) in [6, 6.07) is 2.16. The summed E-state index contributed by atoms with van der Waals surface area (Å²) in [6.45, 7) is 7.44. The van der Waals surface area contributed by atoms with Crippen LogP contribution in [-0.2, 0) is 4.74 Å². The van der Waals surface area contributed by atoms with E-state index >= 15 is 0 Å². The zero-order valence-corrected chi connectivity index (χ0v) is 15.5. The lowest BCUT2D eigenvalue weighted by atomic mass is 10.2. The van der Waals surface area contributed by atoms with Crippen LogP contribution in [0.15, 0.2) is 12.3 Å². The van der Waals surface area contributed by atoms with E-state index in [1.54, 1.807) is 4.52 Å². The van der Waals surface area contributed by atoms with Gasteiger partial charge in [-0.1, -0.05) is 0 Å². The molecule has 1 saturated heterocycles. The van der Waals surface area contributed by atoms with Crippen LogP contribution in [0.4, 0.5) is 16.4 Å². The summed E-state index contributed by atoms with van der Waals surface area (Å²) in [7, 11) is 0. The Morgan fingerprint density at radius 3 is 2.81 bits per heavy atom. The van der Waals surface area contributed by atoms with Gasteiger partial charge in [0, 0.05) is 24.2 Å². The van der Waals surface area contributed by atoms with E-state index in [1.165, 1.54) is 12.8 Å². The summed E-state index contributed by atoms with van der Waals surface area (Å²) in [5.41, 5.74) is 1.38. The molecule has 1 unspecified atom stereocenters. The second-order valence-electron chi connectivity index (χ2n) is 8.10. The molecular weight excluding hydrogens is 332 g/mol. The van der Waals surface area contributed by atoms with Gasteiger partial charge in [0.25, 0.3) is 0 Å². The number of hydrogen-bond donors (Lipinski definition) is 3. The minimum atomic E-state index is -0.559. The Kier molecular flexibility index (Phi) is 4.22. The highest BCUT2D eigenvalue weighted by molar-refractivity contribution is 5.85. The van der Waals surface area contributed by atoms with Gasteiger partial charge in [0.15, 0.2) is 5.65 Å². The number of ether oxygens (including phenoxy) is 1. The Morgan fingerprint density at radius 1 is 1.35 bits per heavy atom. The number of carbonyl (C=O) groups is 1. The summed E-state index contributed by atoms with van der Waals surface area (Å²) in [5.74, 6) is 1.84. The first-order valence-corrected chi connectivity index (χ1v) is 9.25. The first-order chi connectivity index (χ1) is 12.4. The van der Waals surface area contributed by atoms with Crippen LogP contribution in [0.5, 0.6) is 0 Å². The van der Waals surface area contributed by atoms with Crippen LogP contribution in [0.2, 0.25) is 0 Å². The maximum Gasteiger partial charge on any atom is 0.413 e. The number of nitrogens with one attached hydrogen (secondary N) is 3. The van der Waals surface area contributed by atoms with Crippen LogP contribution >= 0.6 is 0 Å². The van der Waals surface area contributed by atoms with Crippen molar-refractivity contribution in [3.63, 3.8) is 0 Å². The number of fused-ring (bicyclic) bond motifs is 1. The lowest BCUT2D eigenvalue weighted by molar-refractivity contribution is 0.0635. The third-order valence-corrected chi connectivity index (χ3v) is 4.56. The van der Waals surface area contributed by atoms with Crippen LogP contribution in [-0.4, -0.2) is 45.4 Å². The summed E-state index contributed by atoms with van der Waals surface area (Å²) in [6.07, 6.45) is 4.75. The highest BCUT2D eigenvalue weighted by atomic mass is 16.6. The molecule has 1 aliphatic carbocycles. The molecule has 2 aliphatic rings. The molecule has 8 nitrogen and oxygen atoms in total. The van der Waals surface area contributed by atoms with Crippen LogP contribution in [0.3, 0.4) is 0 Å². The van der Waals surface area contributed by atoms with Crippen LogP contribution in [0, 0.1) is 0 Å². The summed E-state index contributed by atoms with van der Waals surface area (Å²) in [4.78, 5) is 17.0. The first-order valence-electron chi connectivity index (χ1n) is 9.25. The van der Waals surface area contributed by atoms with Gasteiger partial charge in [0.2, 0.25) is 0 Å². The van der Waals surface area contributed by atoms with Gasteiger partial charge < -0.3 is 15.4 Å². The molecule has 0 radical (unpaired) electrons. The SMILES string of the molecule is CC(C)(C)OC(=O)Nc1cc(NC2CCNC2)nc2c(C3CC3)cnn12. The fraction of sp³-hybridized carbons (Fsp3) is 0.611. The molecule has 1 atom stereocenters. The van der Waals surface area contributed by atoms with Crippen molar-refractivity contribution < 1.29 is 9.53 Å². The summed E-state index contributed by atoms with van der Waals surface area (Å²) < 4.78 is 7.08. The topological polar surface area (TPSA) is 92.6 Å². The average molecular weight is 358 g/mol. The molecule has 2 aromatic heterocycles. The van der Waals surface area contributed by atoms with E-state index in [1.807, 2.05) is 33.0 Å². The lowest BCUT2D eigenvalue weighted by Crippen LogP contribution is -2.28. The van der Waals surface area contributed by atoms with Gasteiger partial charge in [0.1, 0.15) is 17.2 Å². The average Bonchev–Trinajstić information content (AvgIpc) is 3.08. The molecular formula is C18H26N6O2. The number of anilines is 2. The fourth-order valence-electron chi connectivity index (χ4n) is 3.22. The molecule has 2 aromatic rings. The predicted molar refractivity (Wildman–Crippen MR) is 99.7 cm³/mol. The van der Waals surface area contributed by atoms with Gasteiger partial charge in [0.05, 0.1) is 6.20 Å². The van der Waals surface area contributed by atoms with E-state index in [4.69, 9.17) is 9.72 Å². The van der Waals surface area contributed by atoms with E-state index in [-0.39, 0.29) is 0 Å². The lowest BCUT2D eigenvalue weighted by Gasteiger charge is -2.20. The van der Waals surface area contributed by atoms with Gasteiger partial charge in [-0.25, -0.2) is 9.78 Å². The monoisotopic (exact) mass is 358 g/mol. The maximum absolute atomic E-state index is 12.3. The van der Waals surface area contributed by atoms with E-state index in [2.05, 4.69) is 21.0 Å². The second kappa shape index (κ2) is 6.42. The normalized spacial score (nSPS) is 20.3. The molecule has 1 saturated carbocycles. The minimum absolute atomic E-state index is 0.339. The van der Waals surface area contributed by atoms with E-state index in [0.717, 1.165) is 36.5 Å². The summed E-state index contributed by atoms with van der Waals surface area (Å²) in [5, 5.41) is 14.1. The summed E-state index contributed by atoms with van der Waals surface area (Å²) >= 11 is 0. The van der Waals surface area contributed by atoms with E-state index in [0.29, 0.717) is 17.8 Å². The molecule has 3 N–H and O–H groups in total. The van der Waals surface area contributed by atoms with E-state index in [9.17, 15) is 4.79 Å². The Bertz CT molecular complexity index is 815. The predicted octanol–water partition coefficient (Wildman–Crippen LogP) is 2.73. The number of rotatable bonds is 4. The zero-order chi connectivity index (χ0) is 18.3. The van der Waals surface area contributed by atoms with E-state index < -0.39 is 11.7 Å². The molecule has 8 heteroatoms. The van der Waals surface area contributed by atoms with Crippen LogP contribution in [0.25, 0.3) is 5.65 Å². The van der Waals surface area contributed by atoms with Crippen molar-refractivity contribution in [1.29, 1.82) is 0 Å². The van der Waals surface area contributed by atoms with Gasteiger partial charge in [-0.3, -0.25) is 5.32 Å². The minimum Gasteiger partial charge on any atom is -0.444 e. The third-order valence-electron chi connectivity index (χ3n) is 4.56. The standard InChI is InChI=1S/C18H26N6O2/c1-18(2,3)26-17(25)23-15-8-14(21-12-6-7-19-9-12)22-16-13(11-4-5-11)10-20-24(15)16/h8,10-12,19H,4-7,9H2,1-3H3,(H,21,22)(H,23,25). The van der Waals surface area contributed by atoms with Gasteiger partial charge in [-0.05, 0) is 52.5 Å². The second-order valence-corrected chi connectivity index (χ2v) is 8.10. The molecule has 1 aliphatic heterocycles. The quantitative estimate of drug-likeness (QED) is 0.778. The van der Waals surface area contributed by atoms with Crippen molar-refractivity contribution in [2.45, 2.75) is 57.6 Å². The number of amides is 1. The molecule has 0 bridgehead atoms. The van der Waals surface area contributed by atoms with Gasteiger partial charge in [-0.2, -0.15) is 9.61 Å². The van der Waals surface area contributed by atoms with Gasteiger partial charge in [-0.15, -0.1) is 0 Å². The largest absolute Gasteiger partial charge is 0.444 e. The molecule has 2 fully saturated rings. The molecule has 140 valence electrons. The number of carbonyl (C=O) groups excluding carboxylic acids is 1. The number of nitrogens with zero attached hydrogens (tertiary/aromatic N) is 3. The molecule has 1 amide bonds. The Balaban J connectivity index is 1.66. The molecule has 0 aromatic carbocycles. The van der Waals surface area contributed by atoms with Crippen molar-refractivity contribution in [2.24, 2.45) is 0 Å². The molecule has 4 rings (SSSR count). The molecule has 3 heterocycles. The van der Waals surface area contributed by atoms with Crippen molar-refractivity contribution in [2.75, 3.05) is 23.7 Å². The maximum atomic E-state index is 12.3. The van der Waals surface area contributed by atoms with Crippen molar-refractivity contribution >= 4 is 23.4 Å². The van der Waals surface area contributed by atoms with Crippen molar-refractivity contribution in [1.82, 2.24) is 19.9 Å². The third kappa shape index (κ3) is 3.75. The van der Waals surface area contributed by atoms with Crippen LogP contribution in [0.1, 0.15) is 51.5 Å². The highest BCUT2D eigenvalue weighted by Gasteiger charge is 2.29. The van der Waals surface area contributed by atoms with Crippen molar-refractivity contribution in [3.8, 4) is 0 Å². The van der Waals surface area contributed by atoms with Crippen LogP contribution < -0.4 is 16.0 Å². The smallest absolute Gasteiger partial charge is 0.413 e. The molecule has 26 heavy (non-hydrogen) atoms. The number of aromatic nitrogens is 3. The fourth-order valence-corrected chi connectivity index (χ4v) is 3.22. The van der Waals surface area contributed by atoms with Crippen molar-refractivity contribution in [3.05, 3.63) is 17.8 Å². The Hall–Kier alpha value is -2.35.